The van der Waals surface area contributed by atoms with Crippen molar-refractivity contribution in [2.45, 2.75) is 32.6 Å². The number of carbonyl (C=O) groups excluding carboxylic acids is 1. The van der Waals surface area contributed by atoms with Crippen molar-refractivity contribution >= 4 is 28.2 Å². The summed E-state index contributed by atoms with van der Waals surface area (Å²) in [6.45, 7) is 4.24. The number of carbonyl (C=O) groups is 1. The van der Waals surface area contributed by atoms with Gasteiger partial charge in [0.25, 0.3) is 0 Å². The third kappa shape index (κ3) is 3.84. The number of piperidine rings is 1. The van der Waals surface area contributed by atoms with E-state index >= 15 is 0 Å². The second-order valence-corrected chi connectivity index (χ2v) is 7.46. The van der Waals surface area contributed by atoms with Crippen LogP contribution in [0.25, 0.3) is 10.9 Å². The van der Waals surface area contributed by atoms with Gasteiger partial charge in [0.15, 0.2) is 0 Å². The minimum atomic E-state index is -0.0162. The molecule has 3 aromatic rings. The lowest BCUT2D eigenvalue weighted by atomic mass is 10.1. The number of ether oxygens (including phenoxy) is 1. The Hall–Kier alpha value is -2.95. The highest BCUT2D eigenvalue weighted by atomic mass is 16.5. The molecule has 0 spiro atoms. The van der Waals surface area contributed by atoms with E-state index in [1.165, 1.54) is 24.9 Å². The number of aromatic nitrogens is 1. The van der Waals surface area contributed by atoms with Crippen LogP contribution in [0, 0.1) is 6.92 Å². The molecule has 1 aliphatic heterocycles. The molecule has 146 valence electrons. The lowest BCUT2D eigenvalue weighted by molar-refractivity contribution is -0.115. The summed E-state index contributed by atoms with van der Waals surface area (Å²) < 4.78 is 5.33. The average Bonchev–Trinajstić information content (AvgIpc) is 3.03. The molecular weight excluding hydrogens is 350 g/mol. The summed E-state index contributed by atoms with van der Waals surface area (Å²) in [5.74, 6) is 0.777. The average molecular weight is 377 g/mol. The maximum Gasteiger partial charge on any atom is 0.228 e. The zero-order valence-corrected chi connectivity index (χ0v) is 16.5. The van der Waals surface area contributed by atoms with Crippen molar-refractivity contribution in [1.82, 2.24) is 4.98 Å². The molecule has 1 saturated heterocycles. The van der Waals surface area contributed by atoms with E-state index in [4.69, 9.17) is 4.74 Å². The fourth-order valence-corrected chi connectivity index (χ4v) is 3.99. The summed E-state index contributed by atoms with van der Waals surface area (Å²) in [5.41, 5.74) is 5.11. The van der Waals surface area contributed by atoms with Crippen LogP contribution in [-0.2, 0) is 11.2 Å². The molecule has 0 radical (unpaired) electrons. The van der Waals surface area contributed by atoms with Gasteiger partial charge in [0, 0.05) is 41.1 Å². The second-order valence-electron chi connectivity index (χ2n) is 7.46. The third-order valence-corrected chi connectivity index (χ3v) is 5.54. The van der Waals surface area contributed by atoms with Gasteiger partial charge in [-0.05, 0) is 74.2 Å². The van der Waals surface area contributed by atoms with Crippen LogP contribution in [0.5, 0.6) is 5.75 Å². The van der Waals surface area contributed by atoms with E-state index in [1.54, 1.807) is 7.11 Å². The fourth-order valence-electron chi connectivity index (χ4n) is 3.99. The summed E-state index contributed by atoms with van der Waals surface area (Å²) in [4.78, 5) is 18.4. The number of aromatic amines is 1. The Labute approximate surface area is 165 Å². The van der Waals surface area contributed by atoms with Gasteiger partial charge in [-0.15, -0.1) is 0 Å². The number of amides is 1. The van der Waals surface area contributed by atoms with Crippen molar-refractivity contribution < 1.29 is 9.53 Å². The van der Waals surface area contributed by atoms with Crippen LogP contribution in [0.1, 0.15) is 30.5 Å². The number of hydrogen-bond donors (Lipinski definition) is 2. The van der Waals surface area contributed by atoms with Gasteiger partial charge in [0.05, 0.1) is 13.5 Å². The number of nitrogens with one attached hydrogen (secondary N) is 2. The van der Waals surface area contributed by atoms with Crippen molar-refractivity contribution in [3.63, 3.8) is 0 Å². The van der Waals surface area contributed by atoms with Gasteiger partial charge in [-0.2, -0.15) is 0 Å². The molecule has 1 aromatic heterocycles. The first-order valence-corrected chi connectivity index (χ1v) is 9.94. The maximum atomic E-state index is 12.7. The molecule has 4 rings (SSSR count). The molecule has 0 atom stereocenters. The molecule has 2 aromatic carbocycles. The lowest BCUT2D eigenvalue weighted by Gasteiger charge is -2.28. The Balaban J connectivity index is 1.46. The van der Waals surface area contributed by atoms with E-state index in [0.717, 1.165) is 46.7 Å². The summed E-state index contributed by atoms with van der Waals surface area (Å²) in [6.07, 6.45) is 4.16. The van der Waals surface area contributed by atoms with E-state index in [2.05, 4.69) is 27.3 Å². The minimum absolute atomic E-state index is 0.0162. The molecule has 1 amide bonds. The number of benzene rings is 2. The first-order chi connectivity index (χ1) is 13.6. The molecule has 1 aliphatic rings. The Morgan fingerprint density at radius 2 is 1.86 bits per heavy atom. The number of hydrogen-bond acceptors (Lipinski definition) is 3. The zero-order chi connectivity index (χ0) is 19.5. The van der Waals surface area contributed by atoms with Crippen LogP contribution in [-0.4, -0.2) is 31.1 Å². The van der Waals surface area contributed by atoms with Crippen LogP contribution in [0.15, 0.2) is 42.5 Å². The zero-order valence-electron chi connectivity index (χ0n) is 16.5. The number of H-pyrrole nitrogens is 1. The van der Waals surface area contributed by atoms with E-state index in [-0.39, 0.29) is 5.91 Å². The number of fused-ring (bicyclic) bond motifs is 1. The van der Waals surface area contributed by atoms with Crippen molar-refractivity contribution in [2.75, 3.05) is 30.4 Å². The van der Waals surface area contributed by atoms with Gasteiger partial charge in [-0.1, -0.05) is 0 Å². The van der Waals surface area contributed by atoms with Gasteiger partial charge >= 0.3 is 0 Å². The second kappa shape index (κ2) is 7.97. The van der Waals surface area contributed by atoms with E-state index in [0.29, 0.717) is 6.42 Å². The fraction of sp³-hybridized carbons (Fsp3) is 0.348. The maximum absolute atomic E-state index is 12.7. The van der Waals surface area contributed by atoms with Gasteiger partial charge < -0.3 is 19.9 Å². The smallest absolute Gasteiger partial charge is 0.228 e. The van der Waals surface area contributed by atoms with Crippen molar-refractivity contribution in [3.05, 3.63) is 53.7 Å². The predicted molar refractivity (Wildman–Crippen MR) is 114 cm³/mol. The van der Waals surface area contributed by atoms with Gasteiger partial charge in [0.2, 0.25) is 5.91 Å². The highest BCUT2D eigenvalue weighted by Crippen LogP contribution is 2.27. The monoisotopic (exact) mass is 377 g/mol. The molecular formula is C23H27N3O2. The number of aryl methyl sites for hydroxylation is 1. The first-order valence-electron chi connectivity index (χ1n) is 9.94. The molecule has 2 heterocycles. The topological polar surface area (TPSA) is 57.4 Å². The van der Waals surface area contributed by atoms with E-state index in [1.807, 2.05) is 37.3 Å². The van der Waals surface area contributed by atoms with Gasteiger partial charge in [0.1, 0.15) is 5.75 Å². The largest absolute Gasteiger partial charge is 0.497 e. The molecule has 0 saturated carbocycles. The standard InChI is InChI=1S/C23H27N3O2/c1-16-20(21-14-19(28-2)10-11-22(21)24-16)15-23(27)25-17-6-8-18(9-7-17)26-12-4-3-5-13-26/h6-11,14,24H,3-5,12-13,15H2,1-2H3,(H,25,27). The molecule has 5 heteroatoms. The van der Waals surface area contributed by atoms with Crippen molar-refractivity contribution in [2.24, 2.45) is 0 Å². The van der Waals surface area contributed by atoms with Crippen LogP contribution < -0.4 is 15.0 Å². The Morgan fingerprint density at radius 3 is 2.57 bits per heavy atom. The summed E-state index contributed by atoms with van der Waals surface area (Å²) in [7, 11) is 1.65. The summed E-state index contributed by atoms with van der Waals surface area (Å²) in [5, 5.41) is 4.06. The van der Waals surface area contributed by atoms with Crippen LogP contribution in [0.3, 0.4) is 0 Å². The van der Waals surface area contributed by atoms with Crippen LogP contribution in [0.4, 0.5) is 11.4 Å². The molecule has 1 fully saturated rings. The van der Waals surface area contributed by atoms with Crippen LogP contribution in [0.2, 0.25) is 0 Å². The molecule has 0 aliphatic carbocycles. The minimum Gasteiger partial charge on any atom is -0.497 e. The van der Waals surface area contributed by atoms with E-state index < -0.39 is 0 Å². The SMILES string of the molecule is COc1ccc2[nH]c(C)c(CC(=O)Nc3ccc(N4CCCCC4)cc3)c2c1. The number of anilines is 2. The Morgan fingerprint density at radius 1 is 1.11 bits per heavy atom. The summed E-state index contributed by atoms with van der Waals surface area (Å²) in [6, 6.07) is 14.1. The third-order valence-electron chi connectivity index (χ3n) is 5.54. The Bertz CT molecular complexity index is 969. The predicted octanol–water partition coefficient (Wildman–Crippen LogP) is 4.66. The molecule has 2 N–H and O–H groups in total. The normalized spacial score (nSPS) is 14.3. The molecule has 0 unspecified atom stereocenters. The van der Waals surface area contributed by atoms with Crippen molar-refractivity contribution in [3.8, 4) is 5.75 Å². The highest BCUT2D eigenvalue weighted by molar-refractivity contribution is 5.96. The van der Waals surface area contributed by atoms with Gasteiger partial charge in [-0.3, -0.25) is 4.79 Å². The highest BCUT2D eigenvalue weighted by Gasteiger charge is 2.14. The summed E-state index contributed by atoms with van der Waals surface area (Å²) >= 11 is 0. The van der Waals surface area contributed by atoms with Crippen molar-refractivity contribution in [1.29, 1.82) is 0 Å². The van der Waals surface area contributed by atoms with Gasteiger partial charge in [-0.25, -0.2) is 0 Å². The van der Waals surface area contributed by atoms with Crippen LogP contribution >= 0.6 is 0 Å². The Kier molecular flexibility index (Phi) is 5.24. The molecule has 5 nitrogen and oxygen atoms in total. The number of nitrogens with zero attached hydrogens (tertiary/aromatic N) is 1. The first kappa shape index (κ1) is 18.4. The van der Waals surface area contributed by atoms with E-state index in [9.17, 15) is 4.79 Å². The lowest BCUT2D eigenvalue weighted by Crippen LogP contribution is -2.29. The number of methoxy groups -OCH3 is 1. The molecule has 0 bridgehead atoms. The quantitative estimate of drug-likeness (QED) is 0.680. The number of rotatable bonds is 5. The molecule has 28 heavy (non-hydrogen) atoms.